The van der Waals surface area contributed by atoms with Gasteiger partial charge in [0, 0.05) is 17.2 Å². The van der Waals surface area contributed by atoms with Crippen LogP contribution in [-0.4, -0.2) is 20.6 Å². The van der Waals surface area contributed by atoms with E-state index in [-0.39, 0.29) is 29.2 Å². The maximum Gasteiger partial charge on any atom is 0.437 e. The molecule has 0 saturated heterocycles. The number of rotatable bonds is 5. The number of carbonyl (C=O) groups excluding carboxylic acids is 1. The SMILES string of the molecule is NC(=O)c1ccc(Cn2nc(-c3ccc(F)cc3)oc2=O)c([N+](=O)[O-])c1. The number of aromatic nitrogens is 2. The van der Waals surface area contributed by atoms with Gasteiger partial charge in [0.05, 0.1) is 17.0 Å². The van der Waals surface area contributed by atoms with Crippen molar-refractivity contribution in [3.8, 4) is 11.5 Å². The highest BCUT2D eigenvalue weighted by molar-refractivity contribution is 5.93. The largest absolute Gasteiger partial charge is 0.437 e. The number of nitro groups is 1. The van der Waals surface area contributed by atoms with Crippen molar-refractivity contribution >= 4 is 11.6 Å². The summed E-state index contributed by atoms with van der Waals surface area (Å²) >= 11 is 0. The van der Waals surface area contributed by atoms with Gasteiger partial charge in [-0.15, -0.1) is 5.10 Å². The normalized spacial score (nSPS) is 10.7. The van der Waals surface area contributed by atoms with Gasteiger partial charge in [-0.05, 0) is 36.4 Å². The first-order chi connectivity index (χ1) is 12.3. The van der Waals surface area contributed by atoms with Crippen LogP contribution >= 0.6 is 0 Å². The first kappa shape index (κ1) is 17.0. The van der Waals surface area contributed by atoms with Crippen LogP contribution in [0.15, 0.2) is 51.7 Å². The molecule has 0 aliphatic rings. The summed E-state index contributed by atoms with van der Waals surface area (Å²) in [6.45, 7) is -0.251. The summed E-state index contributed by atoms with van der Waals surface area (Å²) in [4.78, 5) is 33.7. The molecule has 0 spiro atoms. The Morgan fingerprint density at radius 2 is 1.96 bits per heavy atom. The first-order valence-corrected chi connectivity index (χ1v) is 7.26. The Hall–Kier alpha value is -3.82. The van der Waals surface area contributed by atoms with E-state index in [0.717, 1.165) is 10.7 Å². The van der Waals surface area contributed by atoms with Gasteiger partial charge in [0.25, 0.3) is 5.69 Å². The lowest BCUT2D eigenvalue weighted by molar-refractivity contribution is -0.385. The molecule has 10 heteroatoms. The molecule has 9 nitrogen and oxygen atoms in total. The Balaban J connectivity index is 1.97. The Morgan fingerprint density at radius 3 is 2.58 bits per heavy atom. The second kappa shape index (κ2) is 6.59. The van der Waals surface area contributed by atoms with Crippen molar-refractivity contribution in [3.05, 3.63) is 80.1 Å². The lowest BCUT2D eigenvalue weighted by atomic mass is 10.1. The number of carbonyl (C=O) groups is 1. The molecule has 3 aromatic rings. The average molecular weight is 358 g/mol. The maximum absolute atomic E-state index is 13.0. The maximum atomic E-state index is 13.0. The topological polar surface area (TPSA) is 134 Å². The molecule has 2 aromatic carbocycles. The number of primary amides is 1. The molecule has 2 N–H and O–H groups in total. The zero-order chi connectivity index (χ0) is 18.8. The molecule has 0 aliphatic heterocycles. The minimum Gasteiger partial charge on any atom is -0.388 e. The standard InChI is InChI=1S/C16H11FN4O5/c17-12-5-3-9(4-6-12)15-19-20(16(23)26-15)8-11-2-1-10(14(18)22)7-13(11)21(24)25/h1-7H,8H2,(H2,18,22). The van der Waals surface area contributed by atoms with Crippen LogP contribution in [0.25, 0.3) is 11.5 Å². The van der Waals surface area contributed by atoms with Crippen molar-refractivity contribution in [2.45, 2.75) is 6.54 Å². The highest BCUT2D eigenvalue weighted by atomic mass is 19.1. The summed E-state index contributed by atoms with van der Waals surface area (Å²) in [5.41, 5.74) is 5.23. The molecule has 1 heterocycles. The van der Waals surface area contributed by atoms with Crippen molar-refractivity contribution < 1.29 is 18.5 Å². The Morgan fingerprint density at radius 1 is 1.27 bits per heavy atom. The molecule has 0 atom stereocenters. The molecule has 1 aromatic heterocycles. The Bertz CT molecular complexity index is 1060. The highest BCUT2D eigenvalue weighted by Crippen LogP contribution is 2.22. The molecule has 3 rings (SSSR count). The van der Waals surface area contributed by atoms with Crippen LogP contribution in [-0.2, 0) is 6.54 Å². The molecule has 0 bridgehead atoms. The lowest BCUT2D eigenvalue weighted by Crippen LogP contribution is -2.18. The molecule has 0 unspecified atom stereocenters. The summed E-state index contributed by atoms with van der Waals surface area (Å²) in [5.74, 6) is -2.15. The third kappa shape index (κ3) is 3.34. The Labute approximate surface area is 144 Å². The van der Waals surface area contributed by atoms with Gasteiger partial charge in [-0.2, -0.15) is 4.68 Å². The number of nitrogens with zero attached hydrogens (tertiary/aromatic N) is 3. The number of nitro benzene ring substituents is 1. The van der Waals surface area contributed by atoms with Crippen LogP contribution < -0.4 is 11.5 Å². The minimum atomic E-state index is -0.836. The van der Waals surface area contributed by atoms with Crippen molar-refractivity contribution in [1.82, 2.24) is 9.78 Å². The third-order valence-corrected chi connectivity index (χ3v) is 3.58. The van der Waals surface area contributed by atoms with Gasteiger partial charge < -0.3 is 10.2 Å². The number of amides is 1. The zero-order valence-electron chi connectivity index (χ0n) is 13.1. The van der Waals surface area contributed by atoms with E-state index >= 15 is 0 Å². The summed E-state index contributed by atoms with van der Waals surface area (Å²) in [6.07, 6.45) is 0. The Kier molecular flexibility index (Phi) is 4.31. The van der Waals surface area contributed by atoms with E-state index in [1.54, 1.807) is 0 Å². The van der Waals surface area contributed by atoms with Gasteiger partial charge >= 0.3 is 5.76 Å². The van der Waals surface area contributed by atoms with Gasteiger partial charge in [-0.25, -0.2) is 9.18 Å². The van der Waals surface area contributed by atoms with Crippen LogP contribution in [0.5, 0.6) is 0 Å². The van der Waals surface area contributed by atoms with Crippen molar-refractivity contribution in [2.75, 3.05) is 0 Å². The smallest absolute Gasteiger partial charge is 0.388 e. The predicted octanol–water partition coefficient (Wildman–Crippen LogP) is 1.70. The van der Waals surface area contributed by atoms with E-state index in [0.29, 0.717) is 5.56 Å². The van der Waals surface area contributed by atoms with Gasteiger partial charge in [0.2, 0.25) is 11.8 Å². The van der Waals surface area contributed by atoms with E-state index in [4.69, 9.17) is 10.2 Å². The quantitative estimate of drug-likeness (QED) is 0.545. The molecular formula is C16H11FN4O5. The fraction of sp³-hybridized carbons (Fsp3) is 0.0625. The van der Waals surface area contributed by atoms with E-state index in [1.165, 1.54) is 36.4 Å². The van der Waals surface area contributed by atoms with Crippen LogP contribution in [0.1, 0.15) is 15.9 Å². The zero-order valence-corrected chi connectivity index (χ0v) is 13.1. The molecule has 1 amide bonds. The molecule has 0 saturated carbocycles. The summed E-state index contributed by atoms with van der Waals surface area (Å²) in [7, 11) is 0. The van der Waals surface area contributed by atoms with E-state index in [2.05, 4.69) is 5.10 Å². The fourth-order valence-electron chi connectivity index (χ4n) is 2.30. The monoisotopic (exact) mass is 358 g/mol. The first-order valence-electron chi connectivity index (χ1n) is 7.26. The predicted molar refractivity (Wildman–Crippen MR) is 86.9 cm³/mol. The van der Waals surface area contributed by atoms with Crippen LogP contribution in [0.4, 0.5) is 10.1 Å². The number of hydrogen-bond acceptors (Lipinski definition) is 6. The number of hydrogen-bond donors (Lipinski definition) is 1. The van der Waals surface area contributed by atoms with Crippen LogP contribution in [0.3, 0.4) is 0 Å². The average Bonchev–Trinajstić information content (AvgIpc) is 2.96. The van der Waals surface area contributed by atoms with Gasteiger partial charge in [0.1, 0.15) is 5.82 Å². The molecular weight excluding hydrogens is 347 g/mol. The molecule has 0 fully saturated rings. The second-order valence-corrected chi connectivity index (χ2v) is 5.30. The van der Waals surface area contributed by atoms with Crippen LogP contribution in [0, 0.1) is 15.9 Å². The molecule has 26 heavy (non-hydrogen) atoms. The van der Waals surface area contributed by atoms with E-state index in [9.17, 15) is 24.1 Å². The summed E-state index contributed by atoms with van der Waals surface area (Å²) in [6, 6.07) is 8.80. The van der Waals surface area contributed by atoms with E-state index < -0.39 is 22.4 Å². The lowest BCUT2D eigenvalue weighted by Gasteiger charge is -2.03. The summed E-state index contributed by atoms with van der Waals surface area (Å²) < 4.78 is 18.9. The molecule has 132 valence electrons. The van der Waals surface area contributed by atoms with Crippen molar-refractivity contribution in [3.63, 3.8) is 0 Å². The minimum absolute atomic E-state index is 0.0278. The number of nitrogens with two attached hydrogens (primary N) is 1. The number of benzene rings is 2. The molecule has 0 radical (unpaired) electrons. The van der Waals surface area contributed by atoms with Gasteiger partial charge in [0.15, 0.2) is 0 Å². The summed E-state index contributed by atoms with van der Waals surface area (Å²) in [5, 5.41) is 15.2. The third-order valence-electron chi connectivity index (χ3n) is 3.58. The van der Waals surface area contributed by atoms with Crippen molar-refractivity contribution in [2.24, 2.45) is 5.73 Å². The van der Waals surface area contributed by atoms with Crippen LogP contribution in [0.2, 0.25) is 0 Å². The van der Waals surface area contributed by atoms with Gasteiger partial charge in [-0.1, -0.05) is 0 Å². The van der Waals surface area contributed by atoms with E-state index in [1.807, 2.05) is 0 Å². The highest BCUT2D eigenvalue weighted by Gasteiger charge is 2.19. The number of halogens is 1. The molecule has 0 aliphatic carbocycles. The fourth-order valence-corrected chi connectivity index (χ4v) is 2.30. The second-order valence-electron chi connectivity index (χ2n) is 5.30. The van der Waals surface area contributed by atoms with Gasteiger partial charge in [-0.3, -0.25) is 14.9 Å². The van der Waals surface area contributed by atoms with Crippen molar-refractivity contribution in [1.29, 1.82) is 0 Å².